The first-order valence-electron chi connectivity index (χ1n) is 7.83. The summed E-state index contributed by atoms with van der Waals surface area (Å²) in [6, 6.07) is 10.5. The molecular formula is C18H16F3N5. The van der Waals surface area contributed by atoms with Gasteiger partial charge in [0.05, 0.1) is 5.56 Å². The molecule has 5 nitrogen and oxygen atoms in total. The number of aryl methyl sites for hydroxylation is 1. The van der Waals surface area contributed by atoms with E-state index in [2.05, 4.69) is 25.6 Å². The third-order valence-corrected chi connectivity index (χ3v) is 3.52. The van der Waals surface area contributed by atoms with E-state index in [4.69, 9.17) is 0 Å². The number of anilines is 3. The van der Waals surface area contributed by atoms with Crippen molar-refractivity contribution in [2.24, 2.45) is 0 Å². The van der Waals surface area contributed by atoms with Gasteiger partial charge in [-0.15, -0.1) is 0 Å². The Morgan fingerprint density at radius 3 is 2.50 bits per heavy atom. The highest BCUT2D eigenvalue weighted by Gasteiger charge is 2.30. The summed E-state index contributed by atoms with van der Waals surface area (Å²) in [5.74, 6) is 0.911. The van der Waals surface area contributed by atoms with Crippen LogP contribution in [0, 0.1) is 6.92 Å². The van der Waals surface area contributed by atoms with Crippen LogP contribution in [0.4, 0.5) is 30.6 Å². The number of aromatic nitrogens is 3. The van der Waals surface area contributed by atoms with E-state index in [0.717, 1.165) is 23.5 Å². The van der Waals surface area contributed by atoms with E-state index in [0.29, 0.717) is 17.3 Å². The van der Waals surface area contributed by atoms with E-state index in [1.165, 1.54) is 6.07 Å². The van der Waals surface area contributed by atoms with E-state index >= 15 is 0 Å². The molecule has 2 heterocycles. The number of hydrogen-bond acceptors (Lipinski definition) is 5. The van der Waals surface area contributed by atoms with E-state index in [1.54, 1.807) is 36.7 Å². The van der Waals surface area contributed by atoms with E-state index in [-0.39, 0.29) is 6.54 Å². The molecule has 0 atom stereocenters. The topological polar surface area (TPSA) is 62.7 Å². The Bertz CT molecular complexity index is 881. The molecule has 134 valence electrons. The van der Waals surface area contributed by atoms with Crippen LogP contribution in [0.15, 0.2) is 54.9 Å². The molecule has 0 spiro atoms. The number of benzene rings is 1. The normalized spacial score (nSPS) is 11.2. The first-order valence-corrected chi connectivity index (χ1v) is 7.83. The molecule has 0 fully saturated rings. The Hall–Kier alpha value is -3.16. The largest absolute Gasteiger partial charge is 0.416 e. The van der Waals surface area contributed by atoms with Gasteiger partial charge in [0.2, 0.25) is 5.95 Å². The highest BCUT2D eigenvalue weighted by atomic mass is 19.4. The molecule has 0 aliphatic carbocycles. The van der Waals surface area contributed by atoms with Gasteiger partial charge >= 0.3 is 6.18 Å². The van der Waals surface area contributed by atoms with Gasteiger partial charge in [0.1, 0.15) is 5.82 Å². The van der Waals surface area contributed by atoms with Crippen LogP contribution in [0.3, 0.4) is 0 Å². The smallest absolute Gasteiger partial charge is 0.366 e. The molecular weight excluding hydrogens is 343 g/mol. The molecule has 26 heavy (non-hydrogen) atoms. The molecule has 3 aromatic rings. The number of nitrogens with one attached hydrogen (secondary N) is 2. The van der Waals surface area contributed by atoms with Gasteiger partial charge in [0.15, 0.2) is 0 Å². The number of halogens is 3. The van der Waals surface area contributed by atoms with Crippen LogP contribution in [0.25, 0.3) is 0 Å². The monoisotopic (exact) mass is 359 g/mol. The van der Waals surface area contributed by atoms with E-state index < -0.39 is 11.7 Å². The first-order chi connectivity index (χ1) is 12.4. The molecule has 2 aromatic heterocycles. The van der Waals surface area contributed by atoms with Gasteiger partial charge in [0.25, 0.3) is 0 Å². The van der Waals surface area contributed by atoms with Crippen LogP contribution in [-0.2, 0) is 12.7 Å². The Balaban J connectivity index is 1.72. The van der Waals surface area contributed by atoms with Crippen molar-refractivity contribution in [2.45, 2.75) is 19.6 Å². The third kappa shape index (κ3) is 4.69. The second kappa shape index (κ2) is 7.38. The van der Waals surface area contributed by atoms with Crippen LogP contribution >= 0.6 is 0 Å². The Kier molecular flexibility index (Phi) is 5.01. The highest BCUT2D eigenvalue weighted by Crippen LogP contribution is 2.29. The maximum Gasteiger partial charge on any atom is 0.416 e. The quantitative estimate of drug-likeness (QED) is 0.699. The molecule has 0 saturated carbocycles. The maximum absolute atomic E-state index is 12.8. The zero-order chi connectivity index (χ0) is 18.6. The summed E-state index contributed by atoms with van der Waals surface area (Å²) < 4.78 is 38.4. The number of pyridine rings is 1. The van der Waals surface area contributed by atoms with Gasteiger partial charge in [-0.25, -0.2) is 4.98 Å². The predicted octanol–water partition coefficient (Wildman–Crippen LogP) is 4.55. The first kappa shape index (κ1) is 17.7. The molecule has 1 aromatic carbocycles. The second-order valence-electron chi connectivity index (χ2n) is 5.63. The second-order valence-corrected chi connectivity index (χ2v) is 5.63. The van der Waals surface area contributed by atoms with Crippen molar-refractivity contribution in [1.29, 1.82) is 0 Å². The Morgan fingerprint density at radius 1 is 1.00 bits per heavy atom. The zero-order valence-corrected chi connectivity index (χ0v) is 13.9. The van der Waals surface area contributed by atoms with Crippen LogP contribution in [0.5, 0.6) is 0 Å². The van der Waals surface area contributed by atoms with Crippen LogP contribution < -0.4 is 10.6 Å². The van der Waals surface area contributed by atoms with Crippen molar-refractivity contribution in [3.05, 3.63) is 71.7 Å². The van der Waals surface area contributed by atoms with Crippen molar-refractivity contribution in [1.82, 2.24) is 15.0 Å². The lowest BCUT2D eigenvalue weighted by atomic mass is 10.1. The maximum atomic E-state index is 12.8. The lowest BCUT2D eigenvalue weighted by Crippen LogP contribution is -2.08. The van der Waals surface area contributed by atoms with Gasteiger partial charge in [0, 0.05) is 36.4 Å². The van der Waals surface area contributed by atoms with Crippen molar-refractivity contribution >= 4 is 17.5 Å². The number of rotatable bonds is 5. The molecule has 0 bridgehead atoms. The van der Waals surface area contributed by atoms with E-state index in [9.17, 15) is 13.2 Å². The number of hydrogen-bond donors (Lipinski definition) is 2. The summed E-state index contributed by atoms with van der Waals surface area (Å²) in [5.41, 5.74) is 1.35. The zero-order valence-electron chi connectivity index (χ0n) is 13.9. The molecule has 2 N–H and O–H groups in total. The molecule has 0 amide bonds. The van der Waals surface area contributed by atoms with Crippen LogP contribution in [-0.4, -0.2) is 15.0 Å². The Morgan fingerprint density at radius 2 is 1.77 bits per heavy atom. The average molecular weight is 359 g/mol. The number of nitrogens with zero attached hydrogens (tertiary/aromatic N) is 3. The SMILES string of the molecule is Cc1cc(NCc2cccc(C(F)(F)F)c2)nc(Nc2ccncc2)n1. The van der Waals surface area contributed by atoms with Gasteiger partial charge in [-0.05, 0) is 36.8 Å². The van der Waals surface area contributed by atoms with Crippen LogP contribution in [0.1, 0.15) is 16.8 Å². The molecule has 0 aliphatic rings. The molecule has 0 unspecified atom stereocenters. The molecule has 0 radical (unpaired) electrons. The fraction of sp³-hybridized carbons (Fsp3) is 0.167. The molecule has 0 aliphatic heterocycles. The van der Waals surface area contributed by atoms with Crippen molar-refractivity contribution in [3.8, 4) is 0 Å². The minimum absolute atomic E-state index is 0.217. The van der Waals surface area contributed by atoms with Crippen molar-refractivity contribution in [2.75, 3.05) is 10.6 Å². The molecule has 0 saturated heterocycles. The van der Waals surface area contributed by atoms with Crippen molar-refractivity contribution < 1.29 is 13.2 Å². The fourth-order valence-corrected chi connectivity index (χ4v) is 2.33. The summed E-state index contributed by atoms with van der Waals surface area (Å²) in [5, 5.41) is 6.10. The minimum atomic E-state index is -4.36. The van der Waals surface area contributed by atoms with Gasteiger partial charge < -0.3 is 10.6 Å². The highest BCUT2D eigenvalue weighted by molar-refractivity contribution is 5.54. The summed E-state index contributed by atoms with van der Waals surface area (Å²) in [4.78, 5) is 12.6. The van der Waals surface area contributed by atoms with Crippen LogP contribution in [0.2, 0.25) is 0 Å². The summed E-state index contributed by atoms with van der Waals surface area (Å²) >= 11 is 0. The predicted molar refractivity (Wildman–Crippen MR) is 93.1 cm³/mol. The standard InChI is InChI=1S/C18H16F3N5/c1-12-9-16(26-17(24-12)25-15-5-7-22-8-6-15)23-11-13-3-2-4-14(10-13)18(19,20)21/h2-10H,11H2,1H3,(H2,22,23,24,25,26). The number of alkyl halides is 3. The van der Waals surface area contributed by atoms with E-state index in [1.807, 2.05) is 6.92 Å². The molecule has 3 rings (SSSR count). The fourth-order valence-electron chi connectivity index (χ4n) is 2.33. The van der Waals surface area contributed by atoms with Gasteiger partial charge in [-0.2, -0.15) is 18.2 Å². The molecule has 8 heteroatoms. The summed E-state index contributed by atoms with van der Waals surface area (Å²) in [7, 11) is 0. The Labute approximate surface area is 148 Å². The summed E-state index contributed by atoms with van der Waals surface area (Å²) in [6.45, 7) is 2.03. The third-order valence-electron chi connectivity index (χ3n) is 3.52. The minimum Gasteiger partial charge on any atom is -0.366 e. The lowest BCUT2D eigenvalue weighted by molar-refractivity contribution is -0.137. The summed E-state index contributed by atoms with van der Waals surface area (Å²) in [6.07, 6.45) is -1.07. The average Bonchev–Trinajstić information content (AvgIpc) is 2.60. The lowest BCUT2D eigenvalue weighted by Gasteiger charge is -2.11. The van der Waals surface area contributed by atoms with Gasteiger partial charge in [-0.3, -0.25) is 4.98 Å². The van der Waals surface area contributed by atoms with Gasteiger partial charge in [-0.1, -0.05) is 12.1 Å². The van der Waals surface area contributed by atoms with Crippen molar-refractivity contribution in [3.63, 3.8) is 0 Å².